The van der Waals surface area contributed by atoms with E-state index in [0.717, 1.165) is 0 Å². The number of hydrogen-bond donors (Lipinski definition) is 1. The molecule has 0 amide bonds. The second-order valence-corrected chi connectivity index (χ2v) is 6.66. The number of rotatable bonds is 6. The van der Waals surface area contributed by atoms with Crippen LogP contribution in [0, 0.1) is 13.8 Å². The lowest BCUT2D eigenvalue weighted by molar-refractivity contribution is 0.100. The maximum atomic E-state index is 12.2. The van der Waals surface area contributed by atoms with Gasteiger partial charge in [0.25, 0.3) is 10.0 Å². The highest BCUT2D eigenvalue weighted by Crippen LogP contribution is 2.18. The van der Waals surface area contributed by atoms with E-state index in [2.05, 4.69) is 15.1 Å². The molecular formula is C15H17N3O4S. The van der Waals surface area contributed by atoms with Crippen molar-refractivity contribution < 1.29 is 17.7 Å². The van der Waals surface area contributed by atoms with Gasteiger partial charge in [-0.1, -0.05) is 35.5 Å². The molecule has 2 rings (SSSR count). The van der Waals surface area contributed by atoms with Crippen molar-refractivity contribution in [3.8, 4) is 0 Å². The zero-order chi connectivity index (χ0) is 17.0. The number of carbonyl (C=O) groups is 1. The minimum absolute atomic E-state index is 0.0220. The Morgan fingerprint density at radius 2 is 1.91 bits per heavy atom. The Morgan fingerprint density at radius 3 is 2.48 bits per heavy atom. The number of sulfonamides is 1. The largest absolute Gasteiger partial charge is 0.360 e. The Labute approximate surface area is 134 Å². The number of carbonyl (C=O) groups excluding carboxylic acids is 1. The van der Waals surface area contributed by atoms with E-state index in [1.54, 1.807) is 31.2 Å². The molecule has 7 nitrogen and oxygen atoms in total. The molecule has 23 heavy (non-hydrogen) atoms. The predicted octanol–water partition coefficient (Wildman–Crippen LogP) is 2.22. The molecule has 0 atom stereocenters. The Bertz CT molecular complexity index is 819. The summed E-state index contributed by atoms with van der Waals surface area (Å²) in [7, 11) is -3.88. The number of nitrogens with zero attached hydrogens (tertiary/aromatic N) is 2. The number of hydrogen-bond acceptors (Lipinski definition) is 6. The number of ketones is 1. The molecule has 0 spiro atoms. The number of aromatic nitrogens is 1. The van der Waals surface area contributed by atoms with Gasteiger partial charge in [0.05, 0.1) is 6.42 Å². The maximum Gasteiger partial charge on any atom is 0.282 e. The first kappa shape index (κ1) is 16.9. The van der Waals surface area contributed by atoms with E-state index >= 15 is 0 Å². The lowest BCUT2D eigenvalue weighted by Gasteiger charge is -2.04. The van der Waals surface area contributed by atoms with Crippen LogP contribution in [-0.2, 0) is 10.0 Å². The molecular weight excluding hydrogens is 318 g/mol. The molecule has 0 fully saturated rings. The van der Waals surface area contributed by atoms with Crippen LogP contribution in [-0.4, -0.2) is 25.1 Å². The molecule has 1 N–H and O–H groups in total. The summed E-state index contributed by atoms with van der Waals surface area (Å²) in [4.78, 5) is 14.1. The molecule has 2 aromatic rings. The first-order chi connectivity index (χ1) is 10.8. The molecule has 0 aliphatic rings. The van der Waals surface area contributed by atoms with Gasteiger partial charge in [0.1, 0.15) is 5.69 Å². The molecule has 0 aliphatic carbocycles. The van der Waals surface area contributed by atoms with E-state index < -0.39 is 10.0 Å². The van der Waals surface area contributed by atoms with Gasteiger partial charge in [-0.15, -0.1) is 0 Å². The fraction of sp³-hybridized carbons (Fsp3) is 0.267. The van der Waals surface area contributed by atoms with Crippen molar-refractivity contribution in [3.05, 3.63) is 47.3 Å². The molecule has 1 heterocycles. The number of nitrogens with one attached hydrogen (secondary N) is 1. The number of aryl methyl sites for hydroxylation is 2. The SMILES string of the molecule is C/C(CC(=O)c1ccccc1)=N\NS(=O)(=O)c1c(C)noc1C. The van der Waals surface area contributed by atoms with Crippen molar-refractivity contribution in [1.82, 2.24) is 9.99 Å². The number of Topliss-reactive ketones (excluding diaryl/α,β-unsaturated/α-hetero) is 1. The summed E-state index contributed by atoms with van der Waals surface area (Å²) in [5.74, 6) is 0.0478. The topological polar surface area (TPSA) is 102 Å². The molecule has 0 saturated carbocycles. The standard InChI is InChI=1S/C15H17N3O4S/c1-10(9-14(19)13-7-5-4-6-8-13)16-18-23(20,21)15-11(2)17-22-12(15)3/h4-8,18H,9H2,1-3H3/b16-10+. The monoisotopic (exact) mass is 335 g/mol. The molecule has 0 unspecified atom stereocenters. The van der Waals surface area contributed by atoms with Gasteiger partial charge in [-0.25, -0.2) is 0 Å². The fourth-order valence-electron chi connectivity index (χ4n) is 2.04. The first-order valence-corrected chi connectivity index (χ1v) is 8.35. The summed E-state index contributed by atoms with van der Waals surface area (Å²) in [5, 5.41) is 7.39. The Hall–Kier alpha value is -2.48. The molecule has 0 radical (unpaired) electrons. The first-order valence-electron chi connectivity index (χ1n) is 6.87. The smallest absolute Gasteiger partial charge is 0.282 e. The van der Waals surface area contributed by atoms with Crippen LogP contribution in [0.1, 0.15) is 35.2 Å². The molecule has 0 saturated heterocycles. The third-order valence-corrected chi connectivity index (χ3v) is 4.56. The summed E-state index contributed by atoms with van der Waals surface area (Å²) in [6.45, 7) is 4.61. The molecule has 8 heteroatoms. The van der Waals surface area contributed by atoms with Gasteiger partial charge in [0, 0.05) is 11.3 Å². The lowest BCUT2D eigenvalue weighted by atomic mass is 10.1. The van der Waals surface area contributed by atoms with E-state index in [1.165, 1.54) is 13.8 Å². The van der Waals surface area contributed by atoms with Crippen molar-refractivity contribution in [2.24, 2.45) is 5.10 Å². The second-order valence-electron chi connectivity index (χ2n) is 5.06. The van der Waals surface area contributed by atoms with E-state index in [-0.39, 0.29) is 28.6 Å². The Balaban J connectivity index is 2.09. The zero-order valence-corrected chi connectivity index (χ0v) is 13.8. The second kappa shape index (κ2) is 6.74. The highest BCUT2D eigenvalue weighted by atomic mass is 32.2. The van der Waals surface area contributed by atoms with Gasteiger partial charge in [-0.2, -0.15) is 18.4 Å². The van der Waals surface area contributed by atoms with Crippen molar-refractivity contribution >= 4 is 21.5 Å². The predicted molar refractivity (Wildman–Crippen MR) is 84.8 cm³/mol. The number of benzene rings is 1. The maximum absolute atomic E-state index is 12.2. The highest BCUT2D eigenvalue weighted by Gasteiger charge is 2.23. The summed E-state index contributed by atoms with van der Waals surface area (Å²) in [5.41, 5.74) is 1.16. The molecule has 1 aromatic carbocycles. The van der Waals surface area contributed by atoms with E-state index in [0.29, 0.717) is 11.3 Å². The third kappa shape index (κ3) is 4.04. The van der Waals surface area contributed by atoms with E-state index in [9.17, 15) is 13.2 Å². The lowest BCUT2D eigenvalue weighted by Crippen LogP contribution is -2.21. The van der Waals surface area contributed by atoms with E-state index in [4.69, 9.17) is 4.52 Å². The highest BCUT2D eigenvalue weighted by molar-refractivity contribution is 7.89. The van der Waals surface area contributed by atoms with Crippen LogP contribution in [0.5, 0.6) is 0 Å². The van der Waals surface area contributed by atoms with Gasteiger partial charge in [0.15, 0.2) is 16.4 Å². The molecule has 1 aromatic heterocycles. The summed E-state index contributed by atoms with van der Waals surface area (Å²) in [6.07, 6.45) is 0.0220. The summed E-state index contributed by atoms with van der Waals surface area (Å²) < 4.78 is 29.2. The summed E-state index contributed by atoms with van der Waals surface area (Å²) >= 11 is 0. The van der Waals surface area contributed by atoms with E-state index in [1.807, 2.05) is 6.07 Å². The Morgan fingerprint density at radius 1 is 1.26 bits per heavy atom. The zero-order valence-electron chi connectivity index (χ0n) is 13.0. The van der Waals surface area contributed by atoms with Crippen LogP contribution in [0.15, 0.2) is 44.9 Å². The van der Waals surface area contributed by atoms with Crippen molar-refractivity contribution in [3.63, 3.8) is 0 Å². The minimum Gasteiger partial charge on any atom is -0.360 e. The molecule has 122 valence electrons. The van der Waals surface area contributed by atoms with Gasteiger partial charge < -0.3 is 4.52 Å². The van der Waals surface area contributed by atoms with Crippen molar-refractivity contribution in [2.75, 3.05) is 0 Å². The van der Waals surface area contributed by atoms with Crippen LogP contribution in [0.3, 0.4) is 0 Å². The average Bonchev–Trinajstić information content (AvgIpc) is 2.86. The third-order valence-electron chi connectivity index (χ3n) is 3.11. The van der Waals surface area contributed by atoms with Gasteiger partial charge in [-0.05, 0) is 20.8 Å². The van der Waals surface area contributed by atoms with Crippen molar-refractivity contribution in [1.29, 1.82) is 0 Å². The average molecular weight is 335 g/mol. The van der Waals surface area contributed by atoms with Crippen LogP contribution in [0.25, 0.3) is 0 Å². The van der Waals surface area contributed by atoms with Gasteiger partial charge in [0.2, 0.25) is 0 Å². The van der Waals surface area contributed by atoms with Crippen LogP contribution >= 0.6 is 0 Å². The normalized spacial score (nSPS) is 12.2. The van der Waals surface area contributed by atoms with Gasteiger partial charge >= 0.3 is 0 Å². The molecule has 0 bridgehead atoms. The van der Waals surface area contributed by atoms with Crippen LogP contribution in [0.2, 0.25) is 0 Å². The van der Waals surface area contributed by atoms with Crippen LogP contribution in [0.4, 0.5) is 0 Å². The fourth-order valence-corrected chi connectivity index (χ4v) is 3.25. The Kier molecular flexibility index (Phi) is 4.95. The quantitative estimate of drug-likeness (QED) is 0.495. The number of hydrazone groups is 1. The van der Waals surface area contributed by atoms with Crippen molar-refractivity contribution in [2.45, 2.75) is 32.1 Å². The summed E-state index contributed by atoms with van der Waals surface area (Å²) in [6, 6.07) is 8.74. The minimum atomic E-state index is -3.88. The van der Waals surface area contributed by atoms with Crippen LogP contribution < -0.4 is 4.83 Å². The molecule has 0 aliphatic heterocycles. The van der Waals surface area contributed by atoms with Gasteiger partial charge in [-0.3, -0.25) is 4.79 Å².